The van der Waals surface area contributed by atoms with Gasteiger partial charge in [-0.25, -0.2) is 4.98 Å². The summed E-state index contributed by atoms with van der Waals surface area (Å²) >= 11 is 4.90. The van der Waals surface area contributed by atoms with Gasteiger partial charge in [-0.05, 0) is 21.8 Å². The summed E-state index contributed by atoms with van der Waals surface area (Å²) in [7, 11) is 0. The molecule has 5 heteroatoms. The molecule has 1 unspecified atom stereocenters. The van der Waals surface area contributed by atoms with Gasteiger partial charge in [0.2, 0.25) is 0 Å². The van der Waals surface area contributed by atoms with E-state index in [1.807, 2.05) is 5.38 Å². The molecular weight excluding hydrogens is 250 g/mol. The predicted octanol–water partition coefficient (Wildman–Crippen LogP) is 2.30. The quantitative estimate of drug-likeness (QED) is 0.877. The van der Waals surface area contributed by atoms with Gasteiger partial charge < -0.3 is 11.1 Å². The maximum atomic E-state index is 5.63. The van der Waals surface area contributed by atoms with Crippen molar-refractivity contribution in [2.24, 2.45) is 11.7 Å². The summed E-state index contributed by atoms with van der Waals surface area (Å²) in [5, 5.41) is 6.18. The van der Waals surface area contributed by atoms with E-state index in [2.05, 4.69) is 40.1 Å². The third kappa shape index (κ3) is 3.25. The summed E-state index contributed by atoms with van der Waals surface area (Å²) < 4.78 is 0.875. The Bertz CT molecular complexity index is 262. The van der Waals surface area contributed by atoms with Crippen molar-refractivity contribution in [1.82, 2.24) is 4.98 Å². The normalized spacial score (nSPS) is 13.3. The number of rotatable bonds is 4. The molecular formula is C8H14BrN3S. The summed E-state index contributed by atoms with van der Waals surface area (Å²) in [5.41, 5.74) is 5.63. The Morgan fingerprint density at radius 1 is 1.69 bits per heavy atom. The lowest BCUT2D eigenvalue weighted by Crippen LogP contribution is -2.33. The number of thiazole rings is 1. The third-order valence-corrected chi connectivity index (χ3v) is 3.33. The van der Waals surface area contributed by atoms with E-state index in [0.29, 0.717) is 18.5 Å². The standard InChI is InChI=1S/C8H14BrN3S/c1-5(2)6(3-10)11-8-12-7(9)4-13-8/h4-6H,3,10H2,1-2H3,(H,11,12). The number of anilines is 1. The molecule has 0 fully saturated rings. The van der Waals surface area contributed by atoms with Gasteiger partial charge in [0.15, 0.2) is 5.13 Å². The zero-order chi connectivity index (χ0) is 9.84. The Labute approximate surface area is 90.9 Å². The molecule has 13 heavy (non-hydrogen) atoms. The van der Waals surface area contributed by atoms with Gasteiger partial charge in [0.1, 0.15) is 4.60 Å². The summed E-state index contributed by atoms with van der Waals surface area (Å²) in [6, 6.07) is 0.304. The van der Waals surface area contributed by atoms with Crippen LogP contribution in [0.1, 0.15) is 13.8 Å². The number of hydrogen-bond donors (Lipinski definition) is 2. The fraction of sp³-hybridized carbons (Fsp3) is 0.625. The predicted molar refractivity (Wildman–Crippen MR) is 61.1 cm³/mol. The van der Waals surface area contributed by atoms with Gasteiger partial charge in [-0.1, -0.05) is 13.8 Å². The molecule has 1 aromatic heterocycles. The monoisotopic (exact) mass is 263 g/mol. The smallest absolute Gasteiger partial charge is 0.184 e. The van der Waals surface area contributed by atoms with Crippen molar-refractivity contribution in [3.05, 3.63) is 9.98 Å². The molecule has 0 aliphatic rings. The lowest BCUT2D eigenvalue weighted by atomic mass is 10.1. The Morgan fingerprint density at radius 3 is 2.77 bits per heavy atom. The number of nitrogens with two attached hydrogens (primary N) is 1. The Morgan fingerprint density at radius 2 is 2.38 bits per heavy atom. The second-order valence-electron chi connectivity index (χ2n) is 3.21. The van der Waals surface area contributed by atoms with Crippen LogP contribution in [0.4, 0.5) is 5.13 Å². The van der Waals surface area contributed by atoms with Crippen LogP contribution in [0.5, 0.6) is 0 Å². The molecule has 0 aliphatic heterocycles. The summed E-state index contributed by atoms with van der Waals surface area (Å²) in [6.07, 6.45) is 0. The molecule has 0 saturated carbocycles. The summed E-state index contributed by atoms with van der Waals surface area (Å²) in [6.45, 7) is 4.93. The largest absolute Gasteiger partial charge is 0.357 e. The molecule has 1 aromatic rings. The van der Waals surface area contributed by atoms with Gasteiger partial charge in [-0.3, -0.25) is 0 Å². The minimum absolute atomic E-state index is 0.304. The van der Waals surface area contributed by atoms with Crippen molar-refractivity contribution in [3.8, 4) is 0 Å². The minimum Gasteiger partial charge on any atom is -0.357 e. The Hall–Kier alpha value is -0.130. The van der Waals surface area contributed by atoms with Crippen molar-refractivity contribution in [2.45, 2.75) is 19.9 Å². The molecule has 3 N–H and O–H groups in total. The van der Waals surface area contributed by atoms with Crippen LogP contribution in [-0.4, -0.2) is 17.6 Å². The van der Waals surface area contributed by atoms with E-state index in [1.165, 1.54) is 0 Å². The molecule has 0 saturated heterocycles. The molecule has 1 atom stereocenters. The first-order chi connectivity index (χ1) is 6.13. The first kappa shape index (κ1) is 10.9. The van der Waals surface area contributed by atoms with Crippen LogP contribution < -0.4 is 11.1 Å². The number of nitrogens with one attached hydrogen (secondary N) is 1. The lowest BCUT2D eigenvalue weighted by molar-refractivity contribution is 0.531. The van der Waals surface area contributed by atoms with E-state index in [-0.39, 0.29) is 0 Å². The van der Waals surface area contributed by atoms with Gasteiger partial charge in [0, 0.05) is 18.0 Å². The zero-order valence-electron chi connectivity index (χ0n) is 7.75. The minimum atomic E-state index is 0.304. The highest BCUT2D eigenvalue weighted by Crippen LogP contribution is 2.21. The highest BCUT2D eigenvalue weighted by atomic mass is 79.9. The van der Waals surface area contributed by atoms with Crippen LogP contribution in [0.3, 0.4) is 0 Å². The van der Waals surface area contributed by atoms with Gasteiger partial charge in [0.25, 0.3) is 0 Å². The topological polar surface area (TPSA) is 50.9 Å². The lowest BCUT2D eigenvalue weighted by Gasteiger charge is -2.19. The van der Waals surface area contributed by atoms with Crippen molar-refractivity contribution in [1.29, 1.82) is 0 Å². The molecule has 74 valence electrons. The first-order valence-corrected chi connectivity index (χ1v) is 5.88. The van der Waals surface area contributed by atoms with Crippen molar-refractivity contribution in [3.63, 3.8) is 0 Å². The second kappa shape index (κ2) is 4.93. The highest BCUT2D eigenvalue weighted by molar-refractivity contribution is 9.10. The van der Waals surface area contributed by atoms with E-state index in [1.54, 1.807) is 11.3 Å². The van der Waals surface area contributed by atoms with Gasteiger partial charge in [0.05, 0.1) is 0 Å². The molecule has 0 aliphatic carbocycles. The summed E-state index contributed by atoms with van der Waals surface area (Å²) in [5.74, 6) is 0.521. The number of aromatic nitrogens is 1. The van der Waals surface area contributed by atoms with E-state index in [0.717, 1.165) is 9.73 Å². The van der Waals surface area contributed by atoms with Gasteiger partial charge >= 0.3 is 0 Å². The van der Waals surface area contributed by atoms with Crippen LogP contribution in [-0.2, 0) is 0 Å². The Balaban J connectivity index is 2.56. The highest BCUT2D eigenvalue weighted by Gasteiger charge is 2.12. The average molecular weight is 264 g/mol. The maximum Gasteiger partial charge on any atom is 0.184 e. The van der Waals surface area contributed by atoms with Crippen LogP contribution in [0.25, 0.3) is 0 Å². The van der Waals surface area contributed by atoms with E-state index in [9.17, 15) is 0 Å². The average Bonchev–Trinajstić information content (AvgIpc) is 2.46. The Kier molecular flexibility index (Phi) is 4.15. The number of hydrogen-bond acceptors (Lipinski definition) is 4. The summed E-state index contributed by atoms with van der Waals surface area (Å²) in [4.78, 5) is 4.25. The van der Waals surface area contributed by atoms with E-state index in [4.69, 9.17) is 5.73 Å². The molecule has 0 aromatic carbocycles. The zero-order valence-corrected chi connectivity index (χ0v) is 10.2. The number of halogens is 1. The molecule has 1 rings (SSSR count). The molecule has 0 amide bonds. The molecule has 0 bridgehead atoms. The van der Waals surface area contributed by atoms with Crippen LogP contribution >= 0.6 is 27.3 Å². The van der Waals surface area contributed by atoms with Crippen LogP contribution in [0.15, 0.2) is 9.98 Å². The second-order valence-corrected chi connectivity index (χ2v) is 4.88. The van der Waals surface area contributed by atoms with Crippen molar-refractivity contribution in [2.75, 3.05) is 11.9 Å². The molecule has 0 radical (unpaired) electrons. The third-order valence-electron chi connectivity index (χ3n) is 1.84. The van der Waals surface area contributed by atoms with E-state index < -0.39 is 0 Å². The van der Waals surface area contributed by atoms with Crippen LogP contribution in [0.2, 0.25) is 0 Å². The van der Waals surface area contributed by atoms with Gasteiger partial charge in [-0.15, -0.1) is 11.3 Å². The molecule has 1 heterocycles. The first-order valence-electron chi connectivity index (χ1n) is 4.21. The number of nitrogens with zero attached hydrogens (tertiary/aromatic N) is 1. The van der Waals surface area contributed by atoms with Crippen molar-refractivity contribution < 1.29 is 0 Å². The SMILES string of the molecule is CC(C)C(CN)Nc1nc(Br)cs1. The maximum absolute atomic E-state index is 5.63. The van der Waals surface area contributed by atoms with Gasteiger partial charge in [-0.2, -0.15) is 0 Å². The molecule has 0 spiro atoms. The fourth-order valence-corrected chi connectivity index (χ4v) is 2.18. The molecule has 3 nitrogen and oxygen atoms in total. The van der Waals surface area contributed by atoms with Crippen LogP contribution in [0, 0.1) is 5.92 Å². The van der Waals surface area contributed by atoms with Crippen molar-refractivity contribution >= 4 is 32.4 Å². The fourth-order valence-electron chi connectivity index (χ4n) is 0.977. The van der Waals surface area contributed by atoms with E-state index >= 15 is 0 Å².